The van der Waals surface area contributed by atoms with E-state index in [-0.39, 0.29) is 0 Å². The van der Waals surface area contributed by atoms with Crippen LogP contribution in [0.3, 0.4) is 0 Å². The summed E-state index contributed by atoms with van der Waals surface area (Å²) in [5.74, 6) is 2.61. The molecule has 3 rings (SSSR count). The van der Waals surface area contributed by atoms with Gasteiger partial charge in [-0.15, -0.1) is 0 Å². The van der Waals surface area contributed by atoms with Gasteiger partial charge in [0.05, 0.1) is 19.3 Å². The maximum atomic E-state index is 5.95. The van der Waals surface area contributed by atoms with E-state index in [9.17, 15) is 0 Å². The molecule has 0 aliphatic carbocycles. The molecule has 0 aromatic heterocycles. The summed E-state index contributed by atoms with van der Waals surface area (Å²) in [5.41, 5.74) is 1.09. The van der Waals surface area contributed by atoms with Gasteiger partial charge in [-0.3, -0.25) is 4.99 Å². The summed E-state index contributed by atoms with van der Waals surface area (Å²) in [7, 11) is 3.56. The molecule has 7 nitrogen and oxygen atoms in total. The third-order valence-corrected chi connectivity index (χ3v) is 5.09. The van der Waals surface area contributed by atoms with Crippen LogP contribution in [0.1, 0.15) is 31.2 Å². The number of benzene rings is 1. The number of nitrogens with one attached hydrogen (secondary N) is 1. The molecule has 1 N–H and O–H groups in total. The second-order valence-corrected chi connectivity index (χ2v) is 7.10. The second-order valence-electron chi connectivity index (χ2n) is 7.10. The molecule has 28 heavy (non-hydrogen) atoms. The van der Waals surface area contributed by atoms with Gasteiger partial charge < -0.3 is 29.2 Å². The van der Waals surface area contributed by atoms with Crippen molar-refractivity contribution in [3.05, 3.63) is 23.8 Å². The molecule has 0 unspecified atom stereocenters. The quantitative estimate of drug-likeness (QED) is 0.438. The Morgan fingerprint density at radius 2 is 2.04 bits per heavy atom. The van der Waals surface area contributed by atoms with Crippen LogP contribution >= 0.6 is 0 Å². The minimum Gasteiger partial charge on any atom is -0.490 e. The van der Waals surface area contributed by atoms with E-state index in [4.69, 9.17) is 18.9 Å². The van der Waals surface area contributed by atoms with E-state index in [1.54, 1.807) is 7.11 Å². The largest absolute Gasteiger partial charge is 0.490 e. The fraction of sp³-hybridized carbons (Fsp3) is 0.667. The molecule has 0 atom stereocenters. The highest BCUT2D eigenvalue weighted by Gasteiger charge is 2.22. The first kappa shape index (κ1) is 20.7. The zero-order chi connectivity index (χ0) is 19.6. The van der Waals surface area contributed by atoms with Crippen molar-refractivity contribution in [1.82, 2.24) is 10.2 Å². The molecule has 1 aromatic carbocycles. The van der Waals surface area contributed by atoms with Gasteiger partial charge in [0.1, 0.15) is 0 Å². The number of methoxy groups -OCH3 is 1. The Balaban J connectivity index is 1.48. The molecular weight excluding hydrogens is 358 g/mol. The highest BCUT2D eigenvalue weighted by atomic mass is 16.5. The fourth-order valence-corrected chi connectivity index (χ4v) is 3.59. The van der Waals surface area contributed by atoms with Crippen LogP contribution in [-0.2, 0) is 16.0 Å². The predicted octanol–water partition coefficient (Wildman–Crippen LogP) is 2.44. The maximum absolute atomic E-state index is 5.95. The summed E-state index contributed by atoms with van der Waals surface area (Å²) in [5, 5.41) is 3.48. The Kier molecular flexibility index (Phi) is 8.23. The third kappa shape index (κ3) is 5.75. The highest BCUT2D eigenvalue weighted by Crippen LogP contribution is 2.33. The van der Waals surface area contributed by atoms with Gasteiger partial charge in [-0.25, -0.2) is 0 Å². The molecule has 7 heteroatoms. The molecule has 0 saturated carbocycles. The highest BCUT2D eigenvalue weighted by molar-refractivity contribution is 5.80. The minimum atomic E-state index is 0.335. The Morgan fingerprint density at radius 1 is 1.21 bits per heavy atom. The van der Waals surface area contributed by atoms with Gasteiger partial charge in [-0.1, -0.05) is 12.1 Å². The van der Waals surface area contributed by atoms with Gasteiger partial charge in [0, 0.05) is 59.0 Å². The lowest BCUT2D eigenvalue weighted by atomic mass is 10.1. The Hall–Kier alpha value is -1.99. The van der Waals surface area contributed by atoms with Crippen LogP contribution in [0.4, 0.5) is 0 Å². The number of hydrogen-bond donors (Lipinski definition) is 1. The monoisotopic (exact) mass is 391 g/mol. The number of likely N-dealkylation sites (tertiary alicyclic amines) is 1. The van der Waals surface area contributed by atoms with Crippen LogP contribution in [-0.4, -0.2) is 70.6 Å². The number of aliphatic imine (C=N–C) groups is 1. The van der Waals surface area contributed by atoms with Crippen molar-refractivity contribution in [3.8, 4) is 11.5 Å². The van der Waals surface area contributed by atoms with Gasteiger partial charge in [0.2, 0.25) is 0 Å². The number of ether oxygens (including phenoxy) is 4. The van der Waals surface area contributed by atoms with Crippen molar-refractivity contribution in [2.45, 2.75) is 38.3 Å². The van der Waals surface area contributed by atoms with Gasteiger partial charge in [-0.2, -0.15) is 0 Å². The van der Waals surface area contributed by atoms with Crippen LogP contribution in [0.15, 0.2) is 23.2 Å². The Morgan fingerprint density at radius 3 is 2.82 bits per heavy atom. The summed E-state index contributed by atoms with van der Waals surface area (Å²) in [6.07, 6.45) is 4.23. The third-order valence-electron chi connectivity index (χ3n) is 5.09. The number of nitrogens with zero attached hydrogens (tertiary/aromatic N) is 2. The van der Waals surface area contributed by atoms with E-state index in [2.05, 4.69) is 21.3 Å². The number of piperidine rings is 1. The van der Waals surface area contributed by atoms with Crippen LogP contribution in [0.2, 0.25) is 0 Å². The molecule has 1 saturated heterocycles. The van der Waals surface area contributed by atoms with Crippen LogP contribution in [0.5, 0.6) is 11.5 Å². The topological polar surface area (TPSA) is 64.6 Å². The summed E-state index contributed by atoms with van der Waals surface area (Å²) >= 11 is 0. The Bertz CT molecular complexity index is 630. The first-order chi connectivity index (χ1) is 13.8. The Labute approximate surface area is 168 Å². The van der Waals surface area contributed by atoms with Crippen LogP contribution in [0.25, 0.3) is 0 Å². The number of para-hydroxylation sites is 1. The predicted molar refractivity (Wildman–Crippen MR) is 109 cm³/mol. The number of rotatable bonds is 7. The lowest BCUT2D eigenvalue weighted by Crippen LogP contribution is -2.46. The van der Waals surface area contributed by atoms with E-state index >= 15 is 0 Å². The molecule has 0 radical (unpaired) electrons. The molecule has 1 fully saturated rings. The molecule has 1 aromatic rings. The SMILES string of the molecule is CN=C(NCc1cccc2c1OCCCO2)N1CCC(OCCCOC)CC1. The van der Waals surface area contributed by atoms with Crippen molar-refractivity contribution >= 4 is 5.96 Å². The number of guanidine groups is 1. The standard InChI is InChI=1S/C21H33N3O4/c1-22-21(24-10-8-18(9-11-24)26-13-4-12-25-2)23-16-17-6-3-7-19-20(17)28-15-5-14-27-19/h3,6-7,18H,4-5,8-16H2,1-2H3,(H,22,23). The molecule has 2 heterocycles. The molecular formula is C21H33N3O4. The van der Waals surface area contributed by atoms with Crippen molar-refractivity contribution in [1.29, 1.82) is 0 Å². The van der Waals surface area contributed by atoms with E-state index in [0.717, 1.165) is 75.0 Å². The summed E-state index contributed by atoms with van der Waals surface area (Å²) in [6.45, 7) is 5.47. The first-order valence-corrected chi connectivity index (χ1v) is 10.3. The average Bonchev–Trinajstić information content (AvgIpc) is 2.99. The second kappa shape index (κ2) is 11.1. The number of fused-ring (bicyclic) bond motifs is 1. The van der Waals surface area contributed by atoms with E-state index in [1.807, 2.05) is 19.2 Å². The molecule has 2 aliphatic rings. The maximum Gasteiger partial charge on any atom is 0.193 e. The van der Waals surface area contributed by atoms with Gasteiger partial charge in [0.15, 0.2) is 17.5 Å². The van der Waals surface area contributed by atoms with E-state index in [0.29, 0.717) is 25.9 Å². The normalized spacial score (nSPS) is 18.1. The lowest BCUT2D eigenvalue weighted by molar-refractivity contribution is 0.00989. The average molecular weight is 392 g/mol. The van der Waals surface area contributed by atoms with Gasteiger partial charge in [-0.05, 0) is 25.3 Å². The first-order valence-electron chi connectivity index (χ1n) is 10.3. The minimum absolute atomic E-state index is 0.335. The van der Waals surface area contributed by atoms with Crippen LogP contribution in [0, 0.1) is 0 Å². The fourth-order valence-electron chi connectivity index (χ4n) is 3.59. The van der Waals surface area contributed by atoms with Crippen molar-refractivity contribution in [3.63, 3.8) is 0 Å². The smallest absolute Gasteiger partial charge is 0.193 e. The van der Waals surface area contributed by atoms with Crippen molar-refractivity contribution in [2.24, 2.45) is 4.99 Å². The summed E-state index contributed by atoms with van der Waals surface area (Å²) < 4.78 is 22.7. The molecule has 0 bridgehead atoms. The van der Waals surface area contributed by atoms with Gasteiger partial charge in [0.25, 0.3) is 0 Å². The zero-order valence-electron chi connectivity index (χ0n) is 17.1. The van der Waals surface area contributed by atoms with Gasteiger partial charge >= 0.3 is 0 Å². The molecule has 2 aliphatic heterocycles. The molecule has 0 spiro atoms. The number of hydrogen-bond acceptors (Lipinski definition) is 5. The zero-order valence-corrected chi connectivity index (χ0v) is 17.1. The summed E-state index contributed by atoms with van der Waals surface area (Å²) in [6, 6.07) is 6.06. The molecule has 0 amide bonds. The van der Waals surface area contributed by atoms with E-state index < -0.39 is 0 Å². The summed E-state index contributed by atoms with van der Waals surface area (Å²) in [4.78, 5) is 6.77. The van der Waals surface area contributed by atoms with E-state index in [1.165, 1.54) is 0 Å². The lowest BCUT2D eigenvalue weighted by Gasteiger charge is -2.34. The van der Waals surface area contributed by atoms with Crippen LogP contribution < -0.4 is 14.8 Å². The van der Waals surface area contributed by atoms with Crippen molar-refractivity contribution < 1.29 is 18.9 Å². The van der Waals surface area contributed by atoms with Crippen molar-refractivity contribution in [2.75, 3.05) is 53.7 Å². The molecule has 156 valence electrons.